The van der Waals surface area contributed by atoms with Crippen molar-refractivity contribution in [1.29, 1.82) is 0 Å². The van der Waals surface area contributed by atoms with Crippen LogP contribution in [0.1, 0.15) is 29.0 Å². The normalized spacial score (nSPS) is 12.1. The molecule has 0 aliphatic heterocycles. The Morgan fingerprint density at radius 1 is 1.10 bits per heavy atom. The number of nitrogens with zero attached hydrogens (tertiary/aromatic N) is 2. The van der Waals surface area contributed by atoms with E-state index in [1.54, 1.807) is 6.92 Å². The second kappa shape index (κ2) is 7.88. The van der Waals surface area contributed by atoms with E-state index in [0.717, 1.165) is 32.8 Å². The molecule has 6 heteroatoms. The molecule has 2 heterocycles. The van der Waals surface area contributed by atoms with Crippen molar-refractivity contribution < 1.29 is 4.79 Å². The first kappa shape index (κ1) is 20.0. The molecule has 0 saturated heterocycles. The molecule has 1 atom stereocenters. The third-order valence-corrected chi connectivity index (χ3v) is 6.34. The number of anilines is 1. The van der Waals surface area contributed by atoms with E-state index in [2.05, 4.69) is 10.3 Å². The maximum atomic E-state index is 13.4. The van der Waals surface area contributed by atoms with Gasteiger partial charge in [-0.3, -0.25) is 14.2 Å². The minimum Gasteiger partial charge on any atom is -0.324 e. The number of carbonyl (C=O) groups excluding carboxylic acids is 1. The Kier molecular flexibility index (Phi) is 5.26. The Balaban J connectivity index is 1.76. The van der Waals surface area contributed by atoms with Crippen LogP contribution in [0, 0.1) is 20.8 Å². The van der Waals surface area contributed by atoms with Gasteiger partial charge < -0.3 is 5.32 Å². The van der Waals surface area contributed by atoms with Crippen LogP contribution < -0.4 is 10.9 Å². The maximum absolute atomic E-state index is 13.4. The van der Waals surface area contributed by atoms with Gasteiger partial charge in [0.2, 0.25) is 5.91 Å². The first-order chi connectivity index (χ1) is 14.4. The molecule has 152 valence electrons. The summed E-state index contributed by atoms with van der Waals surface area (Å²) in [5.41, 5.74) is 4.46. The van der Waals surface area contributed by atoms with E-state index in [1.807, 2.05) is 69.3 Å². The molecule has 2 aromatic heterocycles. The highest BCUT2D eigenvalue weighted by Gasteiger charge is 2.22. The second-order valence-corrected chi connectivity index (χ2v) is 8.72. The van der Waals surface area contributed by atoms with Crippen LogP contribution in [-0.2, 0) is 4.79 Å². The van der Waals surface area contributed by atoms with Crippen molar-refractivity contribution in [3.63, 3.8) is 0 Å². The number of aryl methyl sites for hydroxylation is 3. The summed E-state index contributed by atoms with van der Waals surface area (Å²) < 4.78 is 1.42. The lowest BCUT2D eigenvalue weighted by Gasteiger charge is -2.16. The highest BCUT2D eigenvalue weighted by Crippen LogP contribution is 2.35. The minimum absolute atomic E-state index is 0.202. The zero-order chi connectivity index (χ0) is 21.4. The van der Waals surface area contributed by atoms with Crippen LogP contribution in [0.5, 0.6) is 0 Å². The molecule has 0 saturated carbocycles. The topological polar surface area (TPSA) is 64.0 Å². The summed E-state index contributed by atoms with van der Waals surface area (Å²) in [6, 6.07) is 15.0. The number of hydrogen-bond donors (Lipinski definition) is 1. The second-order valence-electron chi connectivity index (χ2n) is 7.52. The largest absolute Gasteiger partial charge is 0.324 e. The molecule has 5 nitrogen and oxygen atoms in total. The zero-order valence-corrected chi connectivity index (χ0v) is 18.2. The van der Waals surface area contributed by atoms with E-state index >= 15 is 0 Å². The van der Waals surface area contributed by atoms with Crippen molar-refractivity contribution in [2.75, 3.05) is 5.32 Å². The molecule has 0 aliphatic carbocycles. The molecule has 0 aliphatic rings. The molecule has 4 aromatic rings. The number of hydrogen-bond acceptors (Lipinski definition) is 4. The van der Waals surface area contributed by atoms with E-state index in [1.165, 1.54) is 22.2 Å². The van der Waals surface area contributed by atoms with Gasteiger partial charge in [0.25, 0.3) is 5.56 Å². The summed E-state index contributed by atoms with van der Waals surface area (Å²) in [7, 11) is 0. The summed E-state index contributed by atoms with van der Waals surface area (Å²) in [6.07, 6.45) is 1.47. The Bertz CT molecular complexity index is 1310. The van der Waals surface area contributed by atoms with Crippen LogP contribution in [0.4, 0.5) is 5.69 Å². The predicted octanol–water partition coefficient (Wildman–Crippen LogP) is 5.25. The average molecular weight is 418 g/mol. The number of aromatic nitrogens is 2. The molecule has 0 bridgehead atoms. The number of rotatable bonds is 4. The summed E-state index contributed by atoms with van der Waals surface area (Å²) >= 11 is 1.50. The van der Waals surface area contributed by atoms with Crippen LogP contribution in [0.25, 0.3) is 21.3 Å². The quantitative estimate of drug-likeness (QED) is 0.493. The first-order valence-electron chi connectivity index (χ1n) is 9.80. The molecule has 0 fully saturated rings. The number of carbonyl (C=O) groups is 1. The monoisotopic (exact) mass is 417 g/mol. The van der Waals surface area contributed by atoms with E-state index in [9.17, 15) is 9.59 Å². The van der Waals surface area contributed by atoms with Crippen molar-refractivity contribution in [3.05, 3.63) is 81.2 Å². The lowest BCUT2D eigenvalue weighted by molar-refractivity contribution is -0.118. The zero-order valence-electron chi connectivity index (χ0n) is 17.4. The maximum Gasteiger partial charge on any atom is 0.263 e. The molecule has 0 spiro atoms. The summed E-state index contributed by atoms with van der Waals surface area (Å²) in [6.45, 7) is 7.64. The van der Waals surface area contributed by atoms with Crippen molar-refractivity contribution >= 4 is 33.1 Å². The van der Waals surface area contributed by atoms with Gasteiger partial charge in [0.05, 0.1) is 11.7 Å². The molecular formula is C24H23N3O2S. The Morgan fingerprint density at radius 3 is 2.57 bits per heavy atom. The lowest BCUT2D eigenvalue weighted by Crippen LogP contribution is -2.32. The third kappa shape index (κ3) is 3.55. The van der Waals surface area contributed by atoms with Crippen molar-refractivity contribution in [3.8, 4) is 11.1 Å². The van der Waals surface area contributed by atoms with Crippen LogP contribution >= 0.6 is 11.3 Å². The van der Waals surface area contributed by atoms with Crippen LogP contribution in [-0.4, -0.2) is 15.5 Å². The molecule has 0 radical (unpaired) electrons. The molecule has 30 heavy (non-hydrogen) atoms. The van der Waals surface area contributed by atoms with Crippen molar-refractivity contribution in [2.45, 2.75) is 33.7 Å². The van der Waals surface area contributed by atoms with Gasteiger partial charge in [0.1, 0.15) is 10.9 Å². The number of nitrogens with one attached hydrogen (secondary N) is 1. The smallest absolute Gasteiger partial charge is 0.263 e. The molecule has 1 amide bonds. The van der Waals surface area contributed by atoms with Gasteiger partial charge in [0, 0.05) is 16.1 Å². The Morgan fingerprint density at radius 2 is 1.83 bits per heavy atom. The molecule has 1 unspecified atom stereocenters. The van der Waals surface area contributed by atoms with Crippen molar-refractivity contribution in [2.24, 2.45) is 0 Å². The van der Waals surface area contributed by atoms with Gasteiger partial charge in [-0.15, -0.1) is 11.3 Å². The average Bonchev–Trinajstić information content (AvgIpc) is 3.08. The highest BCUT2D eigenvalue weighted by molar-refractivity contribution is 7.19. The molecular weight excluding hydrogens is 394 g/mol. The fourth-order valence-corrected chi connectivity index (χ4v) is 4.58. The standard InChI is InChI=1S/C24H23N3O2S/c1-14-10-11-15(2)19(12-14)26-22(28)16(3)27-13-25-23-21(24(27)29)20(17(4)30-23)18-8-6-5-7-9-18/h5-13,16H,1-4H3,(H,26,28). The fraction of sp³-hybridized carbons (Fsp3) is 0.208. The fourth-order valence-electron chi connectivity index (χ4n) is 3.58. The Labute approximate surface area is 179 Å². The SMILES string of the molecule is Cc1ccc(C)c(NC(=O)C(C)n2cnc3sc(C)c(-c4ccccc4)c3c2=O)c1. The summed E-state index contributed by atoms with van der Waals surface area (Å²) in [5, 5.41) is 3.52. The van der Waals surface area contributed by atoms with Crippen LogP contribution in [0.3, 0.4) is 0 Å². The molecule has 4 rings (SSSR count). The number of thiophene rings is 1. The van der Waals surface area contributed by atoms with E-state index in [0.29, 0.717) is 10.2 Å². The van der Waals surface area contributed by atoms with Gasteiger partial charge in [-0.25, -0.2) is 4.98 Å². The van der Waals surface area contributed by atoms with Crippen molar-refractivity contribution in [1.82, 2.24) is 9.55 Å². The number of benzene rings is 2. The summed E-state index contributed by atoms with van der Waals surface area (Å²) in [4.78, 5) is 32.5. The molecule has 1 N–H and O–H groups in total. The van der Waals surface area contributed by atoms with Gasteiger partial charge in [-0.2, -0.15) is 0 Å². The highest BCUT2D eigenvalue weighted by atomic mass is 32.1. The van der Waals surface area contributed by atoms with E-state index < -0.39 is 6.04 Å². The van der Waals surface area contributed by atoms with E-state index in [-0.39, 0.29) is 11.5 Å². The van der Waals surface area contributed by atoms with Gasteiger partial charge in [-0.1, -0.05) is 42.5 Å². The van der Waals surface area contributed by atoms with Gasteiger partial charge in [-0.05, 0) is 50.5 Å². The van der Waals surface area contributed by atoms with Gasteiger partial charge in [0.15, 0.2) is 0 Å². The lowest BCUT2D eigenvalue weighted by atomic mass is 10.0. The predicted molar refractivity (Wildman–Crippen MR) is 123 cm³/mol. The van der Waals surface area contributed by atoms with E-state index in [4.69, 9.17) is 0 Å². The Hall–Kier alpha value is -3.25. The molecule has 2 aromatic carbocycles. The minimum atomic E-state index is -0.696. The first-order valence-corrected chi connectivity index (χ1v) is 10.6. The third-order valence-electron chi connectivity index (χ3n) is 5.32. The number of fused-ring (bicyclic) bond motifs is 1. The number of amides is 1. The van der Waals surface area contributed by atoms with Crippen LogP contribution in [0.15, 0.2) is 59.7 Å². The van der Waals surface area contributed by atoms with Gasteiger partial charge >= 0.3 is 0 Å². The van der Waals surface area contributed by atoms with Crippen LogP contribution in [0.2, 0.25) is 0 Å². The summed E-state index contributed by atoms with van der Waals surface area (Å²) in [5.74, 6) is -0.250.